The molecule has 0 saturated carbocycles. The zero-order valence-electron chi connectivity index (χ0n) is 18.4. The Morgan fingerprint density at radius 3 is 2.79 bits per heavy atom. The molecule has 1 fully saturated rings. The topological polar surface area (TPSA) is 116 Å². The van der Waals surface area contributed by atoms with Crippen molar-refractivity contribution in [2.45, 2.75) is 26.2 Å². The molecule has 1 saturated heterocycles. The standard InChI is InChI=1S/C24H27FN6O2/c1-15-5-7-19(18(25)12-15)28-16-6-8-21(32)17(13-16)20-14-22(30-24(26)29-20)27-9-3-11-31-10-2-4-23(31)33/h5-8,12-14,28,32H,2-4,9-11H2,1H3,(H3,26,27,29,30). The fourth-order valence-electron chi connectivity index (χ4n) is 3.82. The van der Waals surface area contributed by atoms with Crippen molar-refractivity contribution in [2.75, 3.05) is 36.0 Å². The average Bonchev–Trinajstić information content (AvgIpc) is 3.18. The number of halogens is 1. The number of aryl methyl sites for hydroxylation is 1. The first kappa shape index (κ1) is 22.3. The van der Waals surface area contributed by atoms with Gasteiger partial charge in [0, 0.05) is 43.4 Å². The predicted molar refractivity (Wildman–Crippen MR) is 127 cm³/mol. The molecule has 0 bridgehead atoms. The van der Waals surface area contributed by atoms with E-state index in [-0.39, 0.29) is 23.4 Å². The first-order chi connectivity index (χ1) is 15.9. The number of likely N-dealkylation sites (tertiary alicyclic amines) is 1. The van der Waals surface area contributed by atoms with Crippen LogP contribution in [0.2, 0.25) is 0 Å². The minimum Gasteiger partial charge on any atom is -0.507 e. The minimum absolute atomic E-state index is 0.0153. The molecular weight excluding hydrogens is 423 g/mol. The Kier molecular flexibility index (Phi) is 6.58. The highest BCUT2D eigenvalue weighted by atomic mass is 19.1. The van der Waals surface area contributed by atoms with E-state index in [1.807, 2.05) is 17.9 Å². The third kappa shape index (κ3) is 5.49. The maximum absolute atomic E-state index is 14.2. The summed E-state index contributed by atoms with van der Waals surface area (Å²) >= 11 is 0. The van der Waals surface area contributed by atoms with Gasteiger partial charge in [0.1, 0.15) is 17.4 Å². The SMILES string of the molecule is Cc1ccc(Nc2ccc(O)c(-c3cc(NCCCN4CCCC4=O)nc(N)n3)c2)c(F)c1. The quantitative estimate of drug-likeness (QED) is 0.302. The van der Waals surface area contributed by atoms with Gasteiger partial charge < -0.3 is 26.4 Å². The Bertz CT molecular complexity index is 1170. The van der Waals surface area contributed by atoms with Gasteiger partial charge >= 0.3 is 0 Å². The van der Waals surface area contributed by atoms with Crippen LogP contribution in [0.5, 0.6) is 5.75 Å². The second kappa shape index (κ2) is 9.72. The Labute approximate surface area is 191 Å². The van der Waals surface area contributed by atoms with Crippen LogP contribution < -0.4 is 16.4 Å². The molecule has 0 unspecified atom stereocenters. The van der Waals surface area contributed by atoms with Gasteiger partial charge in [0.15, 0.2) is 0 Å². The number of nitrogen functional groups attached to an aromatic ring is 1. The van der Waals surface area contributed by atoms with Crippen LogP contribution in [0.3, 0.4) is 0 Å². The Hall–Kier alpha value is -3.88. The summed E-state index contributed by atoms with van der Waals surface area (Å²) in [4.78, 5) is 22.0. The molecule has 8 nitrogen and oxygen atoms in total. The smallest absolute Gasteiger partial charge is 0.222 e. The number of carbonyl (C=O) groups is 1. The van der Waals surface area contributed by atoms with E-state index >= 15 is 0 Å². The average molecular weight is 451 g/mol. The number of hydrogen-bond donors (Lipinski definition) is 4. The minimum atomic E-state index is -0.363. The number of phenolic OH excluding ortho intramolecular Hbond substituents is 1. The number of benzene rings is 2. The third-order valence-electron chi connectivity index (χ3n) is 5.50. The number of anilines is 4. The first-order valence-corrected chi connectivity index (χ1v) is 10.9. The number of nitrogens with one attached hydrogen (secondary N) is 2. The molecule has 0 spiro atoms. The number of rotatable bonds is 8. The van der Waals surface area contributed by atoms with Gasteiger partial charge in [0.05, 0.1) is 11.4 Å². The Morgan fingerprint density at radius 2 is 2.03 bits per heavy atom. The van der Waals surface area contributed by atoms with Gasteiger partial charge in [-0.15, -0.1) is 0 Å². The molecule has 1 aromatic heterocycles. The van der Waals surface area contributed by atoms with Gasteiger partial charge in [-0.3, -0.25) is 4.79 Å². The number of phenols is 1. The van der Waals surface area contributed by atoms with Crippen molar-refractivity contribution in [3.05, 3.63) is 53.8 Å². The molecule has 4 rings (SSSR count). The maximum atomic E-state index is 14.2. The summed E-state index contributed by atoms with van der Waals surface area (Å²) in [5, 5.41) is 16.7. The van der Waals surface area contributed by atoms with Crippen LogP contribution in [0.4, 0.5) is 27.5 Å². The van der Waals surface area contributed by atoms with Crippen molar-refractivity contribution in [2.24, 2.45) is 0 Å². The van der Waals surface area contributed by atoms with Crippen molar-refractivity contribution in [1.82, 2.24) is 14.9 Å². The third-order valence-corrected chi connectivity index (χ3v) is 5.50. The molecule has 1 amide bonds. The van der Waals surface area contributed by atoms with Gasteiger partial charge in [-0.1, -0.05) is 6.07 Å². The molecule has 2 heterocycles. The lowest BCUT2D eigenvalue weighted by atomic mass is 10.1. The molecule has 9 heteroatoms. The number of amides is 1. The van der Waals surface area contributed by atoms with E-state index in [9.17, 15) is 14.3 Å². The molecule has 1 aliphatic heterocycles. The molecule has 2 aromatic carbocycles. The van der Waals surface area contributed by atoms with Crippen molar-refractivity contribution >= 4 is 29.0 Å². The van der Waals surface area contributed by atoms with E-state index < -0.39 is 0 Å². The van der Waals surface area contributed by atoms with Crippen molar-refractivity contribution < 1.29 is 14.3 Å². The molecule has 0 radical (unpaired) electrons. The molecular formula is C24H27FN6O2. The molecule has 0 aliphatic carbocycles. The summed E-state index contributed by atoms with van der Waals surface area (Å²) in [5.74, 6) is 0.442. The van der Waals surface area contributed by atoms with Crippen LogP contribution in [-0.2, 0) is 4.79 Å². The van der Waals surface area contributed by atoms with Crippen molar-refractivity contribution in [1.29, 1.82) is 0 Å². The Balaban J connectivity index is 1.48. The zero-order valence-corrected chi connectivity index (χ0v) is 18.4. The van der Waals surface area contributed by atoms with E-state index in [0.717, 1.165) is 24.9 Å². The molecule has 5 N–H and O–H groups in total. The molecule has 33 heavy (non-hydrogen) atoms. The number of nitrogens with zero attached hydrogens (tertiary/aromatic N) is 3. The zero-order chi connectivity index (χ0) is 23.4. The van der Waals surface area contributed by atoms with E-state index in [2.05, 4.69) is 20.6 Å². The lowest BCUT2D eigenvalue weighted by molar-refractivity contribution is -0.127. The summed E-state index contributed by atoms with van der Waals surface area (Å²) in [7, 11) is 0. The fourth-order valence-corrected chi connectivity index (χ4v) is 3.82. The van der Waals surface area contributed by atoms with E-state index in [1.165, 1.54) is 12.1 Å². The van der Waals surface area contributed by atoms with Gasteiger partial charge in [0.2, 0.25) is 11.9 Å². The van der Waals surface area contributed by atoms with Crippen LogP contribution in [-0.4, -0.2) is 45.5 Å². The van der Waals surface area contributed by atoms with Gasteiger partial charge in [-0.2, -0.15) is 4.98 Å². The highest BCUT2D eigenvalue weighted by molar-refractivity contribution is 5.78. The first-order valence-electron chi connectivity index (χ1n) is 10.9. The normalized spacial score (nSPS) is 13.4. The lowest BCUT2D eigenvalue weighted by Gasteiger charge is -2.16. The molecule has 3 aromatic rings. The molecule has 0 atom stereocenters. The number of hydrogen-bond acceptors (Lipinski definition) is 7. The number of carbonyl (C=O) groups excluding carboxylic acids is 1. The van der Waals surface area contributed by atoms with E-state index in [4.69, 9.17) is 5.73 Å². The predicted octanol–water partition coefficient (Wildman–Crippen LogP) is 4.05. The number of aromatic nitrogens is 2. The molecule has 1 aliphatic rings. The summed E-state index contributed by atoms with van der Waals surface area (Å²) in [6, 6.07) is 11.5. The van der Waals surface area contributed by atoms with E-state index in [1.54, 1.807) is 24.3 Å². The summed E-state index contributed by atoms with van der Waals surface area (Å²) in [6.07, 6.45) is 2.33. The van der Waals surface area contributed by atoms with E-state index in [0.29, 0.717) is 48.0 Å². The van der Waals surface area contributed by atoms with Crippen LogP contribution >= 0.6 is 0 Å². The summed E-state index contributed by atoms with van der Waals surface area (Å²) in [6.45, 7) is 3.95. The van der Waals surface area contributed by atoms with Crippen LogP contribution in [0.15, 0.2) is 42.5 Å². The largest absolute Gasteiger partial charge is 0.507 e. The summed E-state index contributed by atoms with van der Waals surface area (Å²) < 4.78 is 14.2. The van der Waals surface area contributed by atoms with Crippen LogP contribution in [0.25, 0.3) is 11.3 Å². The second-order valence-electron chi connectivity index (χ2n) is 8.10. The monoisotopic (exact) mass is 450 g/mol. The number of aromatic hydroxyl groups is 1. The second-order valence-corrected chi connectivity index (χ2v) is 8.10. The van der Waals surface area contributed by atoms with Gasteiger partial charge in [-0.05, 0) is 55.7 Å². The van der Waals surface area contributed by atoms with Crippen LogP contribution in [0, 0.1) is 12.7 Å². The molecule has 172 valence electrons. The highest BCUT2D eigenvalue weighted by Crippen LogP contribution is 2.33. The fraction of sp³-hybridized carbons (Fsp3) is 0.292. The lowest BCUT2D eigenvalue weighted by Crippen LogP contribution is -2.27. The van der Waals surface area contributed by atoms with Crippen LogP contribution in [0.1, 0.15) is 24.8 Å². The highest BCUT2D eigenvalue weighted by Gasteiger charge is 2.19. The van der Waals surface area contributed by atoms with Crippen molar-refractivity contribution in [3.63, 3.8) is 0 Å². The Morgan fingerprint density at radius 1 is 1.18 bits per heavy atom. The number of nitrogens with two attached hydrogens (primary N) is 1. The van der Waals surface area contributed by atoms with Gasteiger partial charge in [-0.25, -0.2) is 9.37 Å². The summed E-state index contributed by atoms with van der Waals surface area (Å²) in [5.41, 5.74) is 8.52. The van der Waals surface area contributed by atoms with Crippen molar-refractivity contribution in [3.8, 4) is 17.0 Å². The van der Waals surface area contributed by atoms with Gasteiger partial charge in [0.25, 0.3) is 0 Å². The maximum Gasteiger partial charge on any atom is 0.222 e.